The van der Waals surface area contributed by atoms with Crippen molar-refractivity contribution in [1.82, 2.24) is 29.6 Å². The maximum Gasteiger partial charge on any atom is 0.328 e. The van der Waals surface area contributed by atoms with Crippen LogP contribution in [0.25, 0.3) is 0 Å². The molecule has 3 heterocycles. The van der Waals surface area contributed by atoms with Crippen LogP contribution in [-0.4, -0.2) is 90.3 Å². The Bertz CT molecular complexity index is 1210. The summed E-state index contributed by atoms with van der Waals surface area (Å²) in [6.07, 6.45) is 8.75. The van der Waals surface area contributed by atoms with Crippen LogP contribution in [0.1, 0.15) is 88.5 Å². The van der Waals surface area contributed by atoms with Crippen molar-refractivity contribution in [2.45, 2.75) is 81.7 Å². The molecule has 0 atom stereocenters. The fraction of sp³-hybridized carbons (Fsp3) is 0.655. The minimum atomic E-state index is -1.26. The molecule has 0 amide bonds. The fourth-order valence-corrected chi connectivity index (χ4v) is 5.65. The van der Waals surface area contributed by atoms with Gasteiger partial charge < -0.3 is 19.7 Å². The van der Waals surface area contributed by atoms with Gasteiger partial charge in [0.1, 0.15) is 17.5 Å². The zero-order chi connectivity index (χ0) is 29.6. The highest BCUT2D eigenvalue weighted by atomic mass is 32.2. The van der Waals surface area contributed by atoms with Gasteiger partial charge in [-0.15, -0.1) is 10.2 Å². The van der Waals surface area contributed by atoms with E-state index in [4.69, 9.17) is 20.2 Å². The van der Waals surface area contributed by atoms with Gasteiger partial charge in [0, 0.05) is 80.1 Å². The van der Waals surface area contributed by atoms with Crippen LogP contribution < -0.4 is 4.90 Å². The van der Waals surface area contributed by atoms with E-state index in [0.717, 1.165) is 55.3 Å². The molecule has 1 saturated heterocycles. The van der Waals surface area contributed by atoms with Crippen molar-refractivity contribution in [2.75, 3.05) is 43.4 Å². The van der Waals surface area contributed by atoms with Crippen LogP contribution in [0, 0.1) is 0 Å². The first-order chi connectivity index (χ1) is 19.5. The molecule has 0 spiro atoms. The Labute approximate surface area is 246 Å². The van der Waals surface area contributed by atoms with E-state index in [0.29, 0.717) is 24.0 Å². The predicted molar refractivity (Wildman–Crippen MR) is 159 cm³/mol. The zero-order valence-corrected chi connectivity index (χ0v) is 25.4. The van der Waals surface area contributed by atoms with Crippen molar-refractivity contribution in [3.05, 3.63) is 35.6 Å². The molecule has 3 aliphatic rings. The van der Waals surface area contributed by atoms with Crippen molar-refractivity contribution < 1.29 is 19.8 Å². The number of hydrogen-bond donors (Lipinski definition) is 2. The number of anilines is 1. The van der Waals surface area contributed by atoms with E-state index in [1.54, 1.807) is 0 Å². The lowest BCUT2D eigenvalue weighted by atomic mass is 9.82. The van der Waals surface area contributed by atoms with Crippen LogP contribution in [0.3, 0.4) is 0 Å². The van der Waals surface area contributed by atoms with E-state index in [9.17, 15) is 9.59 Å². The number of carboxylic acids is 2. The number of nitrogens with zero attached hydrogens (tertiary/aromatic N) is 7. The molecule has 2 aromatic rings. The summed E-state index contributed by atoms with van der Waals surface area (Å²) in [6.45, 7) is 12.1. The van der Waals surface area contributed by atoms with E-state index in [1.165, 1.54) is 50.0 Å². The highest BCUT2D eigenvalue weighted by Gasteiger charge is 2.30. The fourth-order valence-electron chi connectivity index (χ4n) is 4.81. The van der Waals surface area contributed by atoms with Crippen LogP contribution in [0.5, 0.6) is 0 Å². The van der Waals surface area contributed by atoms with Crippen LogP contribution in [0.4, 0.5) is 5.82 Å². The van der Waals surface area contributed by atoms with E-state index < -0.39 is 11.9 Å². The summed E-state index contributed by atoms with van der Waals surface area (Å²) < 4.78 is 2.20. The highest BCUT2D eigenvalue weighted by molar-refractivity contribution is 7.99. The maximum absolute atomic E-state index is 9.55. The number of thioether (sulfide) groups is 1. The van der Waals surface area contributed by atoms with Crippen molar-refractivity contribution in [2.24, 2.45) is 7.05 Å². The first kappa shape index (κ1) is 31.0. The number of carboxylic acid groups (broad SMARTS) is 2. The lowest BCUT2D eigenvalue weighted by Gasteiger charge is -2.36. The van der Waals surface area contributed by atoms with Crippen LogP contribution >= 0.6 is 11.8 Å². The van der Waals surface area contributed by atoms with Crippen molar-refractivity contribution in [1.29, 1.82) is 0 Å². The van der Waals surface area contributed by atoms with Gasteiger partial charge in [-0.1, -0.05) is 39.0 Å². The van der Waals surface area contributed by atoms with Crippen molar-refractivity contribution >= 4 is 29.5 Å². The number of carbonyl (C=O) groups is 2. The minimum Gasteiger partial charge on any atom is -0.478 e. The predicted octanol–water partition coefficient (Wildman–Crippen LogP) is 4.06. The molecular formula is C29H43N7O4S. The summed E-state index contributed by atoms with van der Waals surface area (Å²) in [5.74, 6) is 3.19. The molecule has 1 aliphatic heterocycles. The van der Waals surface area contributed by atoms with E-state index in [-0.39, 0.29) is 5.41 Å². The summed E-state index contributed by atoms with van der Waals surface area (Å²) in [5, 5.41) is 25.5. The smallest absolute Gasteiger partial charge is 0.328 e. The van der Waals surface area contributed by atoms with E-state index >= 15 is 0 Å². The molecule has 3 fully saturated rings. The number of aromatic nitrogens is 5. The quantitative estimate of drug-likeness (QED) is 0.237. The summed E-state index contributed by atoms with van der Waals surface area (Å²) >= 11 is 1.85. The molecule has 12 heteroatoms. The van der Waals surface area contributed by atoms with Crippen LogP contribution in [0.15, 0.2) is 23.4 Å². The largest absolute Gasteiger partial charge is 0.478 e. The standard InChI is InChI=1S/C25H39N7S.C4H4O4/c1-25(2,3)23-26-20(18-7-5-8-18)17-21(27-23)32-14-12-31(13-15-32)11-6-16-33-24-29-28-22(30(24)4)19-9-10-19;5-3(6)1-2-4(7)8/h17-19H,5-16H2,1-4H3;1-2H,(H,5,6)(H,7,8)/b;2-1+. The van der Waals surface area contributed by atoms with Gasteiger partial charge in [0.2, 0.25) is 0 Å². The lowest BCUT2D eigenvalue weighted by Crippen LogP contribution is -2.47. The Balaban J connectivity index is 0.000000426. The number of aliphatic carboxylic acids is 2. The minimum absolute atomic E-state index is 0.0177. The second-order valence-electron chi connectivity index (χ2n) is 12.1. The van der Waals surface area contributed by atoms with Crippen LogP contribution in [0.2, 0.25) is 0 Å². The van der Waals surface area contributed by atoms with Gasteiger partial charge >= 0.3 is 11.9 Å². The molecule has 0 radical (unpaired) electrons. The van der Waals surface area contributed by atoms with Crippen molar-refractivity contribution in [3.63, 3.8) is 0 Å². The third-order valence-corrected chi connectivity index (χ3v) is 8.76. The molecule has 0 bridgehead atoms. The first-order valence-corrected chi connectivity index (χ1v) is 15.5. The van der Waals surface area contributed by atoms with Crippen molar-refractivity contribution in [3.8, 4) is 0 Å². The monoisotopic (exact) mass is 585 g/mol. The third kappa shape index (κ3) is 9.00. The second-order valence-corrected chi connectivity index (χ2v) is 13.1. The number of hydrogen-bond acceptors (Lipinski definition) is 9. The van der Waals surface area contributed by atoms with Gasteiger partial charge in [0.05, 0.1) is 0 Å². The van der Waals surface area contributed by atoms with Gasteiger partial charge in [-0.25, -0.2) is 19.6 Å². The van der Waals surface area contributed by atoms with Gasteiger partial charge in [0.25, 0.3) is 0 Å². The normalized spacial score (nSPS) is 18.2. The molecule has 41 heavy (non-hydrogen) atoms. The third-order valence-electron chi connectivity index (χ3n) is 7.65. The molecular weight excluding hydrogens is 542 g/mol. The molecule has 2 aromatic heterocycles. The molecule has 2 saturated carbocycles. The van der Waals surface area contributed by atoms with Gasteiger partial charge in [-0.05, 0) is 38.6 Å². The molecule has 0 aromatic carbocycles. The lowest BCUT2D eigenvalue weighted by molar-refractivity contribution is -0.134. The summed E-state index contributed by atoms with van der Waals surface area (Å²) in [5.41, 5.74) is 1.25. The summed E-state index contributed by atoms with van der Waals surface area (Å²) in [7, 11) is 2.11. The highest BCUT2D eigenvalue weighted by Crippen LogP contribution is 2.39. The number of piperazine rings is 1. The Morgan fingerprint density at radius 3 is 2.17 bits per heavy atom. The van der Waals surface area contributed by atoms with Gasteiger partial charge in [-0.2, -0.15) is 0 Å². The molecule has 2 aliphatic carbocycles. The topological polar surface area (TPSA) is 138 Å². The van der Waals surface area contributed by atoms with E-state index in [1.807, 2.05) is 11.8 Å². The average Bonchev–Trinajstić information content (AvgIpc) is 3.67. The Kier molecular flexibility index (Phi) is 10.4. The molecule has 11 nitrogen and oxygen atoms in total. The van der Waals surface area contributed by atoms with Gasteiger partial charge in [0.15, 0.2) is 5.16 Å². The summed E-state index contributed by atoms with van der Waals surface area (Å²) in [6, 6.07) is 2.28. The van der Waals surface area contributed by atoms with E-state index in [2.05, 4.69) is 58.4 Å². The Morgan fingerprint density at radius 1 is 0.976 bits per heavy atom. The van der Waals surface area contributed by atoms with Gasteiger partial charge in [-0.3, -0.25) is 4.90 Å². The molecule has 5 rings (SSSR count). The Hall–Kier alpha value is -2.99. The molecule has 224 valence electrons. The number of rotatable bonds is 10. The average molecular weight is 586 g/mol. The Morgan fingerprint density at radius 2 is 1.63 bits per heavy atom. The summed E-state index contributed by atoms with van der Waals surface area (Å²) in [4.78, 5) is 34.2. The molecule has 0 unspecified atom stereocenters. The zero-order valence-electron chi connectivity index (χ0n) is 24.6. The molecule has 2 N–H and O–H groups in total. The van der Waals surface area contributed by atoms with Crippen LogP contribution in [-0.2, 0) is 22.1 Å². The second kappa shape index (κ2) is 13.8. The SMILES string of the molecule is Cn1c(SCCCN2CCN(c3cc(C4CCC4)nc(C(C)(C)C)n3)CC2)nnc1C1CC1.O=C(O)/C=C/C(=O)O. The maximum atomic E-state index is 9.55. The first-order valence-electron chi connectivity index (χ1n) is 14.5.